The molecule has 21 heavy (non-hydrogen) atoms. The van der Waals surface area contributed by atoms with Gasteiger partial charge in [0.15, 0.2) is 0 Å². The number of hydrogen-bond acceptors (Lipinski definition) is 3. The van der Waals surface area contributed by atoms with Gasteiger partial charge in [0.2, 0.25) is 11.8 Å². The average molecular weight is 287 g/mol. The number of hydrogen-bond donors (Lipinski definition) is 1. The molecule has 0 spiro atoms. The number of benzene rings is 1. The Kier molecular flexibility index (Phi) is 3.93. The predicted octanol–water partition coefficient (Wildman–Crippen LogP) is 2.07. The molecule has 2 rings (SSSR count). The molecule has 1 heterocycles. The summed E-state index contributed by atoms with van der Waals surface area (Å²) < 4.78 is 0. The fourth-order valence-corrected chi connectivity index (χ4v) is 2.27. The van der Waals surface area contributed by atoms with Crippen LogP contribution in [0.15, 0.2) is 30.3 Å². The van der Waals surface area contributed by atoms with E-state index >= 15 is 0 Å². The van der Waals surface area contributed by atoms with Crippen LogP contribution in [0.5, 0.6) is 0 Å². The van der Waals surface area contributed by atoms with Crippen molar-refractivity contribution in [1.29, 1.82) is 0 Å². The van der Waals surface area contributed by atoms with E-state index in [0.29, 0.717) is 0 Å². The lowest BCUT2D eigenvalue weighted by atomic mass is 9.92. The van der Waals surface area contributed by atoms with Crippen molar-refractivity contribution >= 4 is 23.9 Å². The van der Waals surface area contributed by atoms with E-state index in [1.54, 1.807) is 38.1 Å². The highest BCUT2D eigenvalue weighted by molar-refractivity contribution is 6.05. The SMILES string of the molecule is CC1(C)CC(=O)N(Cc2ccc(/C=C/C(=O)O)cc2)C1=O. The van der Waals surface area contributed by atoms with Gasteiger partial charge in [0, 0.05) is 12.5 Å². The summed E-state index contributed by atoms with van der Waals surface area (Å²) in [5, 5.41) is 8.56. The van der Waals surface area contributed by atoms with Crippen LogP contribution >= 0.6 is 0 Å². The Morgan fingerprint density at radius 1 is 1.29 bits per heavy atom. The second-order valence-corrected chi connectivity index (χ2v) is 5.76. The van der Waals surface area contributed by atoms with Gasteiger partial charge in [-0.2, -0.15) is 0 Å². The van der Waals surface area contributed by atoms with Crippen LogP contribution in [0.4, 0.5) is 0 Å². The molecule has 5 nitrogen and oxygen atoms in total. The Bertz CT molecular complexity index is 614. The second-order valence-electron chi connectivity index (χ2n) is 5.76. The highest BCUT2D eigenvalue weighted by Crippen LogP contribution is 2.32. The third kappa shape index (κ3) is 3.37. The van der Waals surface area contributed by atoms with Gasteiger partial charge in [0.1, 0.15) is 0 Å². The summed E-state index contributed by atoms with van der Waals surface area (Å²) in [6, 6.07) is 7.08. The number of carboxylic acids is 1. The van der Waals surface area contributed by atoms with Crippen LogP contribution in [-0.2, 0) is 20.9 Å². The Morgan fingerprint density at radius 3 is 2.38 bits per heavy atom. The average Bonchev–Trinajstić information content (AvgIpc) is 2.60. The number of rotatable bonds is 4. The van der Waals surface area contributed by atoms with Crippen molar-refractivity contribution in [1.82, 2.24) is 4.90 Å². The molecule has 0 aliphatic carbocycles. The smallest absolute Gasteiger partial charge is 0.328 e. The quantitative estimate of drug-likeness (QED) is 0.679. The van der Waals surface area contributed by atoms with Crippen molar-refractivity contribution in [2.24, 2.45) is 5.41 Å². The molecule has 1 N–H and O–H groups in total. The van der Waals surface area contributed by atoms with Crippen LogP contribution in [0, 0.1) is 5.41 Å². The number of nitrogens with zero attached hydrogens (tertiary/aromatic N) is 1. The second kappa shape index (κ2) is 5.52. The number of carbonyl (C=O) groups excluding carboxylic acids is 2. The monoisotopic (exact) mass is 287 g/mol. The lowest BCUT2D eigenvalue weighted by Crippen LogP contribution is -2.32. The zero-order valence-corrected chi connectivity index (χ0v) is 12.0. The molecule has 1 saturated heterocycles. The van der Waals surface area contributed by atoms with Gasteiger partial charge in [-0.1, -0.05) is 38.1 Å². The Hall–Kier alpha value is -2.43. The third-order valence-corrected chi connectivity index (χ3v) is 3.46. The topological polar surface area (TPSA) is 74.7 Å². The first-order chi connectivity index (χ1) is 9.79. The van der Waals surface area contributed by atoms with Gasteiger partial charge in [-0.25, -0.2) is 4.79 Å². The van der Waals surface area contributed by atoms with Crippen LogP contribution in [0.1, 0.15) is 31.4 Å². The van der Waals surface area contributed by atoms with Crippen molar-refractivity contribution in [3.05, 3.63) is 41.5 Å². The summed E-state index contributed by atoms with van der Waals surface area (Å²) in [7, 11) is 0. The highest BCUT2D eigenvalue weighted by Gasteiger charge is 2.44. The minimum atomic E-state index is -1.01. The van der Waals surface area contributed by atoms with E-state index in [1.807, 2.05) is 0 Å². The fraction of sp³-hybridized carbons (Fsp3) is 0.312. The molecule has 0 saturated carbocycles. The lowest BCUT2D eigenvalue weighted by molar-refractivity contribution is -0.141. The molecular formula is C16H17NO4. The number of amides is 2. The summed E-state index contributed by atoms with van der Waals surface area (Å²) >= 11 is 0. The molecular weight excluding hydrogens is 270 g/mol. The van der Waals surface area contributed by atoms with Crippen molar-refractivity contribution < 1.29 is 19.5 Å². The van der Waals surface area contributed by atoms with Crippen LogP contribution in [0.2, 0.25) is 0 Å². The van der Waals surface area contributed by atoms with Gasteiger partial charge in [0.25, 0.3) is 0 Å². The van der Waals surface area contributed by atoms with E-state index in [1.165, 1.54) is 11.0 Å². The summed E-state index contributed by atoms with van der Waals surface area (Å²) in [6.07, 6.45) is 2.79. The van der Waals surface area contributed by atoms with Crippen LogP contribution in [0.25, 0.3) is 6.08 Å². The Labute approximate surface area is 122 Å². The maximum atomic E-state index is 12.1. The molecule has 0 bridgehead atoms. The predicted molar refractivity (Wildman–Crippen MR) is 77.1 cm³/mol. The molecule has 0 unspecified atom stereocenters. The van der Waals surface area contributed by atoms with E-state index in [9.17, 15) is 14.4 Å². The Balaban J connectivity index is 2.09. The minimum absolute atomic E-state index is 0.151. The van der Waals surface area contributed by atoms with E-state index in [-0.39, 0.29) is 24.8 Å². The van der Waals surface area contributed by atoms with Crippen molar-refractivity contribution in [3.8, 4) is 0 Å². The number of likely N-dealkylation sites (tertiary alicyclic amines) is 1. The van der Waals surface area contributed by atoms with Gasteiger partial charge in [-0.3, -0.25) is 14.5 Å². The highest BCUT2D eigenvalue weighted by atomic mass is 16.4. The molecule has 0 radical (unpaired) electrons. The summed E-state index contributed by atoms with van der Waals surface area (Å²) in [4.78, 5) is 35.7. The van der Waals surface area contributed by atoms with Gasteiger partial charge < -0.3 is 5.11 Å². The van der Waals surface area contributed by atoms with Crippen LogP contribution < -0.4 is 0 Å². The third-order valence-electron chi connectivity index (χ3n) is 3.46. The molecule has 5 heteroatoms. The Morgan fingerprint density at radius 2 is 1.90 bits per heavy atom. The van der Waals surface area contributed by atoms with Gasteiger partial charge in [-0.05, 0) is 17.2 Å². The van der Waals surface area contributed by atoms with Gasteiger partial charge in [0.05, 0.1) is 12.0 Å². The minimum Gasteiger partial charge on any atom is -0.478 e. The van der Waals surface area contributed by atoms with E-state index < -0.39 is 11.4 Å². The number of imide groups is 1. The molecule has 1 aromatic carbocycles. The maximum absolute atomic E-state index is 12.1. The van der Waals surface area contributed by atoms with Crippen molar-refractivity contribution in [2.75, 3.05) is 0 Å². The van der Waals surface area contributed by atoms with E-state index in [2.05, 4.69) is 0 Å². The summed E-state index contributed by atoms with van der Waals surface area (Å²) in [5.74, 6) is -1.31. The van der Waals surface area contributed by atoms with Crippen molar-refractivity contribution in [2.45, 2.75) is 26.8 Å². The first-order valence-corrected chi connectivity index (χ1v) is 6.64. The molecule has 1 aromatic rings. The molecule has 0 aromatic heterocycles. The van der Waals surface area contributed by atoms with Crippen molar-refractivity contribution in [3.63, 3.8) is 0 Å². The first kappa shape index (κ1) is 15.0. The maximum Gasteiger partial charge on any atom is 0.328 e. The molecule has 110 valence electrons. The normalized spacial score (nSPS) is 17.7. The zero-order chi connectivity index (χ0) is 15.6. The zero-order valence-electron chi connectivity index (χ0n) is 12.0. The van der Waals surface area contributed by atoms with E-state index in [0.717, 1.165) is 17.2 Å². The van der Waals surface area contributed by atoms with E-state index in [4.69, 9.17) is 5.11 Å². The van der Waals surface area contributed by atoms with Gasteiger partial charge in [-0.15, -0.1) is 0 Å². The molecule has 1 aliphatic rings. The van der Waals surface area contributed by atoms with Crippen LogP contribution in [-0.4, -0.2) is 27.8 Å². The lowest BCUT2D eigenvalue weighted by Gasteiger charge is -2.17. The van der Waals surface area contributed by atoms with Gasteiger partial charge >= 0.3 is 5.97 Å². The standard InChI is InChI=1S/C16H17NO4/c1-16(2)9-13(18)17(15(16)21)10-12-5-3-11(4-6-12)7-8-14(19)20/h3-8H,9-10H2,1-2H3,(H,19,20)/b8-7+. The largest absolute Gasteiger partial charge is 0.478 e. The molecule has 1 fully saturated rings. The molecule has 2 amide bonds. The number of carbonyl (C=O) groups is 3. The van der Waals surface area contributed by atoms with Crippen LogP contribution in [0.3, 0.4) is 0 Å². The number of carboxylic acid groups (broad SMARTS) is 1. The fourth-order valence-electron chi connectivity index (χ4n) is 2.27. The number of aliphatic carboxylic acids is 1. The summed E-state index contributed by atoms with van der Waals surface area (Å²) in [5.41, 5.74) is 0.962. The first-order valence-electron chi connectivity index (χ1n) is 6.64. The summed E-state index contributed by atoms with van der Waals surface area (Å²) in [6.45, 7) is 3.80. The molecule has 1 aliphatic heterocycles. The molecule has 0 atom stereocenters.